The van der Waals surface area contributed by atoms with Crippen molar-refractivity contribution in [3.63, 3.8) is 0 Å². The third-order valence-electron chi connectivity index (χ3n) is 4.38. The first-order chi connectivity index (χ1) is 9.16. The maximum Gasteiger partial charge on any atom is 0.141 e. The highest BCUT2D eigenvalue weighted by atomic mass is 19.1. The first kappa shape index (κ1) is 13.0. The van der Waals surface area contributed by atoms with Gasteiger partial charge in [0.25, 0.3) is 0 Å². The summed E-state index contributed by atoms with van der Waals surface area (Å²) in [6.07, 6.45) is 6.89. The first-order valence-electron chi connectivity index (χ1n) is 7.22. The molecular weight excluding hydrogens is 241 g/mol. The zero-order chi connectivity index (χ0) is 13.3. The van der Waals surface area contributed by atoms with Crippen molar-refractivity contribution < 1.29 is 4.39 Å². The number of nitrogens with zero attached hydrogens (tertiary/aromatic N) is 2. The number of hydrogen-bond acceptors (Lipinski definition) is 3. The number of halogens is 1. The predicted molar refractivity (Wildman–Crippen MR) is 73.2 cm³/mol. The van der Waals surface area contributed by atoms with Crippen molar-refractivity contribution in [3.05, 3.63) is 29.8 Å². The van der Waals surface area contributed by atoms with Crippen LogP contribution in [0.3, 0.4) is 0 Å². The maximum atomic E-state index is 13.2. The Morgan fingerprint density at radius 3 is 3.05 bits per heavy atom. The highest BCUT2D eigenvalue weighted by molar-refractivity contribution is 5.11. The van der Waals surface area contributed by atoms with Crippen LogP contribution in [0.1, 0.15) is 31.7 Å². The molecule has 1 aliphatic carbocycles. The molecule has 0 radical (unpaired) electrons. The summed E-state index contributed by atoms with van der Waals surface area (Å²) in [6.45, 7) is 6.35. The van der Waals surface area contributed by atoms with Gasteiger partial charge >= 0.3 is 0 Å². The maximum absolute atomic E-state index is 13.2. The molecule has 1 unspecified atom stereocenters. The van der Waals surface area contributed by atoms with Crippen molar-refractivity contribution in [1.29, 1.82) is 0 Å². The van der Waals surface area contributed by atoms with E-state index >= 15 is 0 Å². The highest BCUT2D eigenvalue weighted by Crippen LogP contribution is 2.40. The SMILES string of the molecule is CC1(C2CC2)CN(Cc2cncc(F)c2)CCCN1. The average Bonchev–Trinajstić information content (AvgIpc) is 3.17. The van der Waals surface area contributed by atoms with E-state index < -0.39 is 0 Å². The predicted octanol–water partition coefficient (Wildman–Crippen LogP) is 2.18. The molecular formula is C15H22FN3. The van der Waals surface area contributed by atoms with Gasteiger partial charge in [-0.25, -0.2) is 4.39 Å². The molecule has 19 heavy (non-hydrogen) atoms. The van der Waals surface area contributed by atoms with E-state index in [1.165, 1.54) is 19.0 Å². The fourth-order valence-electron chi connectivity index (χ4n) is 3.21. The Balaban J connectivity index is 1.69. The molecule has 1 atom stereocenters. The Hall–Kier alpha value is -1.00. The molecule has 0 spiro atoms. The second kappa shape index (κ2) is 5.17. The average molecular weight is 263 g/mol. The van der Waals surface area contributed by atoms with Crippen LogP contribution in [0, 0.1) is 11.7 Å². The molecule has 1 N–H and O–H groups in total. The molecule has 0 aromatic carbocycles. The summed E-state index contributed by atoms with van der Waals surface area (Å²) in [5.74, 6) is 0.578. The van der Waals surface area contributed by atoms with Crippen LogP contribution in [-0.4, -0.2) is 35.1 Å². The Labute approximate surface area is 114 Å². The normalized spacial score (nSPS) is 29.2. The fraction of sp³-hybridized carbons (Fsp3) is 0.667. The third-order valence-corrected chi connectivity index (χ3v) is 4.38. The van der Waals surface area contributed by atoms with Crippen LogP contribution in [-0.2, 0) is 6.54 Å². The van der Waals surface area contributed by atoms with Crippen LogP contribution in [0.2, 0.25) is 0 Å². The first-order valence-corrected chi connectivity index (χ1v) is 7.22. The lowest BCUT2D eigenvalue weighted by Gasteiger charge is -2.34. The zero-order valence-electron chi connectivity index (χ0n) is 11.5. The van der Waals surface area contributed by atoms with Crippen LogP contribution in [0.25, 0.3) is 0 Å². The summed E-state index contributed by atoms with van der Waals surface area (Å²) in [5.41, 5.74) is 1.21. The Bertz CT molecular complexity index is 447. The largest absolute Gasteiger partial charge is 0.310 e. The van der Waals surface area contributed by atoms with Crippen molar-refractivity contribution >= 4 is 0 Å². The van der Waals surface area contributed by atoms with E-state index in [0.29, 0.717) is 0 Å². The lowest BCUT2D eigenvalue weighted by atomic mass is 9.95. The topological polar surface area (TPSA) is 28.2 Å². The molecule has 2 heterocycles. The van der Waals surface area contributed by atoms with Gasteiger partial charge in [-0.2, -0.15) is 0 Å². The molecule has 1 saturated heterocycles. The van der Waals surface area contributed by atoms with Gasteiger partial charge in [-0.3, -0.25) is 9.88 Å². The van der Waals surface area contributed by atoms with Gasteiger partial charge in [0.05, 0.1) is 6.20 Å². The summed E-state index contributed by atoms with van der Waals surface area (Å²) in [5, 5.41) is 3.72. The summed E-state index contributed by atoms with van der Waals surface area (Å²) < 4.78 is 13.2. The van der Waals surface area contributed by atoms with Crippen LogP contribution in [0.5, 0.6) is 0 Å². The van der Waals surface area contributed by atoms with Crippen molar-refractivity contribution in [2.24, 2.45) is 5.92 Å². The third kappa shape index (κ3) is 3.12. The van der Waals surface area contributed by atoms with E-state index in [9.17, 15) is 4.39 Å². The number of aromatic nitrogens is 1. The van der Waals surface area contributed by atoms with E-state index in [-0.39, 0.29) is 11.4 Å². The summed E-state index contributed by atoms with van der Waals surface area (Å²) >= 11 is 0. The van der Waals surface area contributed by atoms with E-state index in [2.05, 4.69) is 22.1 Å². The smallest absolute Gasteiger partial charge is 0.141 e. The van der Waals surface area contributed by atoms with E-state index in [1.54, 1.807) is 12.3 Å². The van der Waals surface area contributed by atoms with Crippen molar-refractivity contribution in [1.82, 2.24) is 15.2 Å². The minimum Gasteiger partial charge on any atom is -0.310 e. The van der Waals surface area contributed by atoms with Crippen molar-refractivity contribution in [3.8, 4) is 0 Å². The molecule has 3 nitrogen and oxygen atoms in total. The molecule has 1 saturated carbocycles. The number of hydrogen-bond donors (Lipinski definition) is 1. The number of rotatable bonds is 3. The van der Waals surface area contributed by atoms with Gasteiger partial charge in [0.15, 0.2) is 0 Å². The molecule has 2 aliphatic rings. The quantitative estimate of drug-likeness (QED) is 0.906. The molecule has 3 rings (SSSR count). The van der Waals surface area contributed by atoms with E-state index in [1.807, 2.05) is 0 Å². The van der Waals surface area contributed by atoms with E-state index in [4.69, 9.17) is 0 Å². The van der Waals surface area contributed by atoms with E-state index in [0.717, 1.165) is 44.1 Å². The van der Waals surface area contributed by atoms with Gasteiger partial charge in [0.1, 0.15) is 5.82 Å². The van der Waals surface area contributed by atoms with Crippen LogP contribution in [0.15, 0.2) is 18.5 Å². The summed E-state index contributed by atoms with van der Waals surface area (Å²) in [6, 6.07) is 1.60. The Morgan fingerprint density at radius 1 is 1.47 bits per heavy atom. The van der Waals surface area contributed by atoms with Gasteiger partial charge in [0, 0.05) is 24.8 Å². The van der Waals surface area contributed by atoms with Crippen LogP contribution in [0.4, 0.5) is 4.39 Å². The number of nitrogens with one attached hydrogen (secondary N) is 1. The standard InChI is InChI=1S/C15H22FN3/c1-15(13-3-4-13)11-19(6-2-5-18-15)10-12-7-14(16)9-17-8-12/h7-9,13,18H,2-6,10-11H2,1H3. The molecule has 1 aromatic rings. The van der Waals surface area contributed by atoms with Gasteiger partial charge in [-0.15, -0.1) is 0 Å². The van der Waals surface area contributed by atoms with Crippen LogP contribution >= 0.6 is 0 Å². The molecule has 1 aromatic heterocycles. The molecule has 1 aliphatic heterocycles. The highest BCUT2D eigenvalue weighted by Gasteiger charge is 2.42. The van der Waals surface area contributed by atoms with Crippen molar-refractivity contribution in [2.45, 2.75) is 38.3 Å². The molecule has 4 heteroatoms. The molecule has 0 amide bonds. The minimum absolute atomic E-state index is 0.233. The Morgan fingerprint density at radius 2 is 2.32 bits per heavy atom. The lowest BCUT2D eigenvalue weighted by Crippen LogP contribution is -2.50. The second-order valence-corrected chi connectivity index (χ2v) is 6.19. The summed E-state index contributed by atoms with van der Waals surface area (Å²) in [4.78, 5) is 6.38. The van der Waals surface area contributed by atoms with Gasteiger partial charge in [-0.05, 0) is 56.8 Å². The fourth-order valence-corrected chi connectivity index (χ4v) is 3.21. The van der Waals surface area contributed by atoms with Gasteiger partial charge in [-0.1, -0.05) is 0 Å². The molecule has 104 valence electrons. The monoisotopic (exact) mass is 263 g/mol. The Kier molecular flexibility index (Phi) is 3.54. The minimum atomic E-state index is -0.240. The van der Waals surface area contributed by atoms with Crippen LogP contribution < -0.4 is 5.32 Å². The second-order valence-electron chi connectivity index (χ2n) is 6.19. The van der Waals surface area contributed by atoms with Gasteiger partial charge < -0.3 is 5.32 Å². The van der Waals surface area contributed by atoms with Crippen molar-refractivity contribution in [2.75, 3.05) is 19.6 Å². The zero-order valence-corrected chi connectivity index (χ0v) is 11.5. The lowest BCUT2D eigenvalue weighted by molar-refractivity contribution is 0.194. The summed E-state index contributed by atoms with van der Waals surface area (Å²) in [7, 11) is 0. The molecule has 2 fully saturated rings. The van der Waals surface area contributed by atoms with Gasteiger partial charge in [0.2, 0.25) is 0 Å². The number of pyridine rings is 1. The molecule has 0 bridgehead atoms.